The predicted octanol–water partition coefficient (Wildman–Crippen LogP) is 2.43. The lowest BCUT2D eigenvalue weighted by atomic mass is 10.1. The van der Waals surface area contributed by atoms with Crippen molar-refractivity contribution in [2.45, 2.75) is 25.7 Å². The number of sulfonamides is 1. The van der Waals surface area contributed by atoms with Crippen molar-refractivity contribution in [2.75, 3.05) is 38.2 Å². The van der Waals surface area contributed by atoms with Crippen molar-refractivity contribution in [1.82, 2.24) is 4.31 Å². The molecule has 0 unspecified atom stereocenters. The van der Waals surface area contributed by atoms with Gasteiger partial charge in [-0.05, 0) is 61.7 Å². The standard InChI is InChI=1S/C22H26N2O6S/c1-15-10-16(2)12-18(11-15)23-21(25)14-30-22(26)20-13-19(5-4-17(20)3)31(27,28)24-6-8-29-9-7-24/h4-5,10-13H,6-9,14H2,1-3H3,(H,23,25). The van der Waals surface area contributed by atoms with Crippen LogP contribution in [-0.4, -0.2) is 57.5 Å². The van der Waals surface area contributed by atoms with Crippen LogP contribution in [0.5, 0.6) is 0 Å². The molecule has 2 aromatic rings. The van der Waals surface area contributed by atoms with Gasteiger partial charge in [0.15, 0.2) is 6.61 Å². The van der Waals surface area contributed by atoms with Crippen LogP contribution in [0.2, 0.25) is 0 Å². The van der Waals surface area contributed by atoms with Gasteiger partial charge in [-0.25, -0.2) is 13.2 Å². The Morgan fingerprint density at radius 3 is 2.32 bits per heavy atom. The molecule has 3 rings (SSSR count). The lowest BCUT2D eigenvalue weighted by Gasteiger charge is -2.26. The average Bonchev–Trinajstić information content (AvgIpc) is 2.72. The van der Waals surface area contributed by atoms with E-state index in [-0.39, 0.29) is 23.5 Å². The number of carbonyl (C=O) groups excluding carboxylic acids is 2. The highest BCUT2D eigenvalue weighted by molar-refractivity contribution is 7.89. The number of nitrogens with one attached hydrogen (secondary N) is 1. The van der Waals surface area contributed by atoms with Crippen molar-refractivity contribution < 1.29 is 27.5 Å². The van der Waals surface area contributed by atoms with Gasteiger partial charge in [0.1, 0.15) is 0 Å². The van der Waals surface area contributed by atoms with Crippen LogP contribution < -0.4 is 5.32 Å². The number of carbonyl (C=O) groups is 2. The van der Waals surface area contributed by atoms with Crippen LogP contribution in [0.15, 0.2) is 41.3 Å². The van der Waals surface area contributed by atoms with Crippen LogP contribution >= 0.6 is 0 Å². The second-order valence-corrected chi connectivity index (χ2v) is 9.43. The quantitative estimate of drug-likeness (QED) is 0.684. The van der Waals surface area contributed by atoms with Gasteiger partial charge in [-0.1, -0.05) is 12.1 Å². The van der Waals surface area contributed by atoms with Gasteiger partial charge in [0.25, 0.3) is 5.91 Å². The molecule has 0 aromatic heterocycles. The highest BCUT2D eigenvalue weighted by Gasteiger charge is 2.27. The van der Waals surface area contributed by atoms with Gasteiger partial charge in [-0.15, -0.1) is 0 Å². The van der Waals surface area contributed by atoms with Crippen molar-refractivity contribution in [3.63, 3.8) is 0 Å². The number of ether oxygens (including phenoxy) is 2. The third-order valence-corrected chi connectivity index (χ3v) is 6.77. The molecule has 0 saturated carbocycles. The Bertz CT molecular complexity index is 1070. The van der Waals surface area contributed by atoms with E-state index >= 15 is 0 Å². The molecule has 1 N–H and O–H groups in total. The summed E-state index contributed by atoms with van der Waals surface area (Å²) in [6, 6.07) is 9.93. The van der Waals surface area contributed by atoms with Gasteiger partial charge < -0.3 is 14.8 Å². The highest BCUT2D eigenvalue weighted by Crippen LogP contribution is 2.21. The van der Waals surface area contributed by atoms with Crippen molar-refractivity contribution in [3.05, 3.63) is 58.7 Å². The van der Waals surface area contributed by atoms with Gasteiger partial charge in [-0.3, -0.25) is 4.79 Å². The van der Waals surface area contributed by atoms with Crippen molar-refractivity contribution in [1.29, 1.82) is 0 Å². The first-order chi connectivity index (χ1) is 14.7. The van der Waals surface area contributed by atoms with E-state index in [0.717, 1.165) is 11.1 Å². The summed E-state index contributed by atoms with van der Waals surface area (Å²) in [7, 11) is -3.75. The molecule has 1 amide bonds. The fourth-order valence-corrected chi connectivity index (χ4v) is 4.80. The van der Waals surface area contributed by atoms with E-state index < -0.39 is 28.5 Å². The molecule has 2 aromatic carbocycles. The van der Waals surface area contributed by atoms with E-state index in [1.54, 1.807) is 13.0 Å². The summed E-state index contributed by atoms with van der Waals surface area (Å²) in [5.74, 6) is -1.24. The number of esters is 1. The Labute approximate surface area is 182 Å². The van der Waals surface area contributed by atoms with Gasteiger partial charge in [0, 0.05) is 18.8 Å². The van der Waals surface area contributed by atoms with Crippen molar-refractivity contribution >= 4 is 27.6 Å². The molecule has 0 bridgehead atoms. The Morgan fingerprint density at radius 1 is 1.03 bits per heavy atom. The third-order valence-electron chi connectivity index (χ3n) is 4.88. The van der Waals surface area contributed by atoms with Crippen LogP contribution in [0.25, 0.3) is 0 Å². The van der Waals surface area contributed by atoms with E-state index in [2.05, 4.69) is 5.32 Å². The summed E-state index contributed by atoms with van der Waals surface area (Å²) < 4.78 is 37.4. The molecular weight excluding hydrogens is 420 g/mol. The minimum absolute atomic E-state index is 0.00615. The fourth-order valence-electron chi connectivity index (χ4n) is 3.37. The number of hydrogen-bond acceptors (Lipinski definition) is 6. The molecule has 1 aliphatic rings. The Hall–Kier alpha value is -2.75. The van der Waals surface area contributed by atoms with E-state index in [1.165, 1.54) is 16.4 Å². The number of benzene rings is 2. The van der Waals surface area contributed by atoms with Crippen LogP contribution in [0, 0.1) is 20.8 Å². The maximum absolute atomic E-state index is 12.9. The Kier molecular flexibility index (Phi) is 7.09. The SMILES string of the molecule is Cc1cc(C)cc(NC(=O)COC(=O)c2cc(S(=O)(=O)N3CCOCC3)ccc2C)c1. The van der Waals surface area contributed by atoms with Crippen LogP contribution in [-0.2, 0) is 24.3 Å². The lowest BCUT2D eigenvalue weighted by molar-refractivity contribution is -0.119. The second-order valence-electron chi connectivity index (χ2n) is 7.49. The number of nitrogens with zero attached hydrogens (tertiary/aromatic N) is 1. The van der Waals surface area contributed by atoms with E-state index in [9.17, 15) is 18.0 Å². The normalized spacial score (nSPS) is 14.8. The summed E-state index contributed by atoms with van der Waals surface area (Å²) in [4.78, 5) is 24.7. The summed E-state index contributed by atoms with van der Waals surface area (Å²) in [6.45, 7) is 6.21. The topological polar surface area (TPSA) is 102 Å². The minimum atomic E-state index is -3.75. The Balaban J connectivity index is 1.68. The zero-order valence-corrected chi connectivity index (χ0v) is 18.6. The third kappa shape index (κ3) is 5.69. The molecule has 9 heteroatoms. The summed E-state index contributed by atoms with van der Waals surface area (Å²) in [5, 5.41) is 2.69. The minimum Gasteiger partial charge on any atom is -0.452 e. The van der Waals surface area contributed by atoms with Crippen LogP contribution in [0.1, 0.15) is 27.0 Å². The highest BCUT2D eigenvalue weighted by atomic mass is 32.2. The first kappa shape index (κ1) is 22.9. The first-order valence-electron chi connectivity index (χ1n) is 9.90. The monoisotopic (exact) mass is 446 g/mol. The molecule has 1 heterocycles. The zero-order chi connectivity index (χ0) is 22.6. The summed E-state index contributed by atoms with van der Waals surface area (Å²) >= 11 is 0. The molecule has 0 aliphatic carbocycles. The lowest BCUT2D eigenvalue weighted by Crippen LogP contribution is -2.40. The molecule has 0 spiro atoms. The van der Waals surface area contributed by atoms with Gasteiger partial charge in [0.2, 0.25) is 10.0 Å². The van der Waals surface area contributed by atoms with E-state index in [4.69, 9.17) is 9.47 Å². The van der Waals surface area contributed by atoms with Gasteiger partial charge >= 0.3 is 5.97 Å². The van der Waals surface area contributed by atoms with Gasteiger partial charge in [-0.2, -0.15) is 4.31 Å². The van der Waals surface area contributed by atoms with E-state index in [0.29, 0.717) is 24.5 Å². The Morgan fingerprint density at radius 2 is 1.68 bits per heavy atom. The molecular formula is C22H26N2O6S. The van der Waals surface area contributed by atoms with Crippen LogP contribution in [0.4, 0.5) is 5.69 Å². The average molecular weight is 447 g/mol. The zero-order valence-electron chi connectivity index (χ0n) is 17.8. The molecule has 8 nitrogen and oxygen atoms in total. The molecule has 1 aliphatic heterocycles. The molecule has 0 radical (unpaired) electrons. The molecule has 166 valence electrons. The predicted molar refractivity (Wildman–Crippen MR) is 116 cm³/mol. The number of amides is 1. The molecule has 1 fully saturated rings. The second kappa shape index (κ2) is 9.59. The number of rotatable bonds is 6. The largest absolute Gasteiger partial charge is 0.452 e. The van der Waals surface area contributed by atoms with Gasteiger partial charge in [0.05, 0.1) is 23.7 Å². The van der Waals surface area contributed by atoms with Crippen molar-refractivity contribution in [3.8, 4) is 0 Å². The number of hydrogen-bond donors (Lipinski definition) is 1. The fraction of sp³-hybridized carbons (Fsp3) is 0.364. The summed E-state index contributed by atoms with van der Waals surface area (Å²) in [6.07, 6.45) is 0. The maximum atomic E-state index is 12.9. The smallest absolute Gasteiger partial charge is 0.338 e. The molecule has 1 saturated heterocycles. The summed E-state index contributed by atoms with van der Waals surface area (Å²) in [5.41, 5.74) is 3.28. The number of aryl methyl sites for hydroxylation is 3. The maximum Gasteiger partial charge on any atom is 0.338 e. The van der Waals surface area contributed by atoms with Crippen molar-refractivity contribution in [2.24, 2.45) is 0 Å². The first-order valence-corrected chi connectivity index (χ1v) is 11.3. The number of morpholine rings is 1. The van der Waals surface area contributed by atoms with Crippen LogP contribution in [0.3, 0.4) is 0 Å². The number of anilines is 1. The molecule has 31 heavy (non-hydrogen) atoms. The molecule has 0 atom stereocenters. The van der Waals surface area contributed by atoms with E-state index in [1.807, 2.05) is 32.0 Å².